The molecule has 0 fully saturated rings. The predicted molar refractivity (Wildman–Crippen MR) is 59.9 cm³/mol. The number of rotatable bonds is 2. The van der Waals surface area contributed by atoms with Crippen LogP contribution in [0.2, 0.25) is 0 Å². The first-order valence-electron chi connectivity index (χ1n) is 4.60. The number of oxime groups is 1. The maximum Gasteiger partial charge on any atom is 0.126 e. The second-order valence-electron chi connectivity index (χ2n) is 3.15. The van der Waals surface area contributed by atoms with Gasteiger partial charge in [-0.2, -0.15) is 0 Å². The molecular formula is C12H11NO2. The van der Waals surface area contributed by atoms with Crippen LogP contribution in [0.1, 0.15) is 5.56 Å². The Morgan fingerprint density at radius 3 is 2.53 bits per heavy atom. The maximum absolute atomic E-state index is 8.54. The van der Waals surface area contributed by atoms with Crippen molar-refractivity contribution in [1.82, 2.24) is 0 Å². The van der Waals surface area contributed by atoms with Crippen molar-refractivity contribution in [3.05, 3.63) is 42.0 Å². The van der Waals surface area contributed by atoms with Gasteiger partial charge in [0.05, 0.1) is 13.3 Å². The topological polar surface area (TPSA) is 41.8 Å². The minimum absolute atomic E-state index is 0.820. The van der Waals surface area contributed by atoms with Gasteiger partial charge in [0, 0.05) is 10.9 Å². The largest absolute Gasteiger partial charge is 0.496 e. The first-order valence-corrected chi connectivity index (χ1v) is 4.60. The average molecular weight is 201 g/mol. The van der Waals surface area contributed by atoms with Crippen molar-refractivity contribution in [3.63, 3.8) is 0 Å². The normalized spacial score (nSPS) is 11.0. The van der Waals surface area contributed by atoms with Gasteiger partial charge >= 0.3 is 0 Å². The summed E-state index contributed by atoms with van der Waals surface area (Å²) in [6, 6.07) is 11.6. The number of hydrogen-bond donors (Lipinski definition) is 1. The zero-order chi connectivity index (χ0) is 10.7. The molecular weight excluding hydrogens is 190 g/mol. The van der Waals surface area contributed by atoms with Crippen molar-refractivity contribution in [1.29, 1.82) is 0 Å². The number of methoxy groups -OCH3 is 1. The molecule has 2 aromatic carbocycles. The van der Waals surface area contributed by atoms with Crippen molar-refractivity contribution in [2.24, 2.45) is 5.16 Å². The van der Waals surface area contributed by atoms with Gasteiger partial charge in [0.25, 0.3) is 0 Å². The average Bonchev–Trinajstić information content (AvgIpc) is 2.30. The fraction of sp³-hybridized carbons (Fsp3) is 0.0833. The minimum atomic E-state index is 0.820. The van der Waals surface area contributed by atoms with Gasteiger partial charge in [-0.15, -0.1) is 0 Å². The molecule has 0 saturated heterocycles. The Bertz CT molecular complexity index is 506. The lowest BCUT2D eigenvalue weighted by atomic mass is 10.0. The second-order valence-corrected chi connectivity index (χ2v) is 3.15. The highest BCUT2D eigenvalue weighted by molar-refractivity contribution is 6.02. The Labute approximate surface area is 87.6 Å². The van der Waals surface area contributed by atoms with E-state index < -0.39 is 0 Å². The molecule has 0 radical (unpaired) electrons. The molecule has 0 bridgehead atoms. The lowest BCUT2D eigenvalue weighted by Crippen LogP contribution is -1.89. The molecule has 2 aromatic rings. The van der Waals surface area contributed by atoms with Crippen LogP contribution < -0.4 is 4.74 Å². The third-order valence-corrected chi connectivity index (χ3v) is 2.33. The van der Waals surface area contributed by atoms with Crippen molar-refractivity contribution < 1.29 is 9.94 Å². The van der Waals surface area contributed by atoms with Gasteiger partial charge in [0.1, 0.15) is 5.75 Å². The van der Waals surface area contributed by atoms with E-state index >= 15 is 0 Å². The fourth-order valence-corrected chi connectivity index (χ4v) is 1.65. The van der Waals surface area contributed by atoms with Crippen LogP contribution in [0.3, 0.4) is 0 Å². The van der Waals surface area contributed by atoms with Gasteiger partial charge < -0.3 is 9.94 Å². The zero-order valence-electron chi connectivity index (χ0n) is 8.34. The molecule has 0 spiro atoms. The Morgan fingerprint density at radius 1 is 1.13 bits per heavy atom. The molecule has 0 aromatic heterocycles. The molecule has 3 heteroatoms. The zero-order valence-corrected chi connectivity index (χ0v) is 8.34. The highest BCUT2D eigenvalue weighted by Crippen LogP contribution is 2.27. The Morgan fingerprint density at radius 2 is 1.87 bits per heavy atom. The predicted octanol–water partition coefficient (Wildman–Crippen LogP) is 2.66. The van der Waals surface area contributed by atoms with E-state index in [9.17, 15) is 0 Å². The van der Waals surface area contributed by atoms with Crippen LogP contribution in [0.25, 0.3) is 10.8 Å². The van der Waals surface area contributed by atoms with Crippen molar-refractivity contribution in [3.8, 4) is 5.75 Å². The summed E-state index contributed by atoms with van der Waals surface area (Å²) < 4.78 is 5.25. The summed E-state index contributed by atoms with van der Waals surface area (Å²) in [6.45, 7) is 0. The summed E-state index contributed by atoms with van der Waals surface area (Å²) in [4.78, 5) is 0. The smallest absolute Gasteiger partial charge is 0.126 e. The van der Waals surface area contributed by atoms with Crippen LogP contribution in [0.4, 0.5) is 0 Å². The number of ether oxygens (including phenoxy) is 1. The molecule has 0 heterocycles. The molecule has 0 atom stereocenters. The van der Waals surface area contributed by atoms with Crippen LogP contribution in [0, 0.1) is 0 Å². The molecule has 0 aliphatic rings. The summed E-state index contributed by atoms with van der Waals surface area (Å²) >= 11 is 0. The van der Waals surface area contributed by atoms with E-state index in [1.807, 2.05) is 36.4 Å². The third kappa shape index (κ3) is 1.64. The highest BCUT2D eigenvalue weighted by Gasteiger charge is 2.03. The van der Waals surface area contributed by atoms with Crippen molar-refractivity contribution >= 4 is 17.0 Å². The third-order valence-electron chi connectivity index (χ3n) is 2.33. The number of hydrogen-bond acceptors (Lipinski definition) is 3. The number of fused-ring (bicyclic) bond motifs is 1. The lowest BCUT2D eigenvalue weighted by Gasteiger charge is -2.06. The van der Waals surface area contributed by atoms with E-state index in [4.69, 9.17) is 9.94 Å². The summed E-state index contributed by atoms with van der Waals surface area (Å²) in [7, 11) is 1.64. The quantitative estimate of drug-likeness (QED) is 0.461. The highest BCUT2D eigenvalue weighted by atomic mass is 16.5. The SMILES string of the molecule is COc1ccc(/C=N/O)c2ccccc12. The fourth-order valence-electron chi connectivity index (χ4n) is 1.65. The Balaban J connectivity index is 2.77. The molecule has 2 rings (SSSR count). The van der Waals surface area contributed by atoms with Gasteiger partial charge in [-0.05, 0) is 17.5 Å². The van der Waals surface area contributed by atoms with Gasteiger partial charge in [-0.3, -0.25) is 0 Å². The van der Waals surface area contributed by atoms with Gasteiger partial charge in [-0.1, -0.05) is 29.4 Å². The monoisotopic (exact) mass is 201 g/mol. The molecule has 15 heavy (non-hydrogen) atoms. The Kier molecular flexibility index (Phi) is 2.54. The van der Waals surface area contributed by atoms with E-state index in [-0.39, 0.29) is 0 Å². The maximum atomic E-state index is 8.54. The first-order chi connectivity index (χ1) is 7.36. The summed E-state index contributed by atoms with van der Waals surface area (Å²) in [5.74, 6) is 0.820. The lowest BCUT2D eigenvalue weighted by molar-refractivity contribution is 0.322. The summed E-state index contributed by atoms with van der Waals surface area (Å²) in [5.41, 5.74) is 0.869. The molecule has 0 amide bonds. The van der Waals surface area contributed by atoms with E-state index in [1.165, 1.54) is 6.21 Å². The van der Waals surface area contributed by atoms with E-state index in [2.05, 4.69) is 5.16 Å². The van der Waals surface area contributed by atoms with Crippen LogP contribution in [0.5, 0.6) is 5.75 Å². The molecule has 0 aliphatic heterocycles. The van der Waals surface area contributed by atoms with Crippen molar-refractivity contribution in [2.45, 2.75) is 0 Å². The first kappa shape index (κ1) is 9.52. The minimum Gasteiger partial charge on any atom is -0.496 e. The van der Waals surface area contributed by atoms with E-state index in [0.29, 0.717) is 0 Å². The van der Waals surface area contributed by atoms with Crippen LogP contribution in [-0.4, -0.2) is 18.5 Å². The number of benzene rings is 2. The summed E-state index contributed by atoms with van der Waals surface area (Å²) in [5, 5.41) is 13.6. The van der Waals surface area contributed by atoms with Gasteiger partial charge in [0.2, 0.25) is 0 Å². The van der Waals surface area contributed by atoms with Crippen LogP contribution in [-0.2, 0) is 0 Å². The molecule has 0 saturated carbocycles. The molecule has 0 aliphatic carbocycles. The Hall–Kier alpha value is -2.03. The second kappa shape index (κ2) is 4.00. The van der Waals surface area contributed by atoms with Crippen LogP contribution in [0.15, 0.2) is 41.6 Å². The van der Waals surface area contributed by atoms with E-state index in [1.54, 1.807) is 7.11 Å². The van der Waals surface area contributed by atoms with E-state index in [0.717, 1.165) is 22.1 Å². The summed E-state index contributed by atoms with van der Waals surface area (Å²) in [6.07, 6.45) is 1.42. The number of nitrogens with zero attached hydrogens (tertiary/aromatic N) is 1. The standard InChI is InChI=1S/C12H11NO2/c1-15-12-7-6-9(8-13-14)10-4-2-3-5-11(10)12/h2-8,14H,1H3/b13-8+. The van der Waals surface area contributed by atoms with Gasteiger partial charge in [-0.25, -0.2) is 0 Å². The molecule has 1 N–H and O–H groups in total. The molecule has 3 nitrogen and oxygen atoms in total. The van der Waals surface area contributed by atoms with Gasteiger partial charge in [0.15, 0.2) is 0 Å². The van der Waals surface area contributed by atoms with Crippen molar-refractivity contribution in [2.75, 3.05) is 7.11 Å². The van der Waals surface area contributed by atoms with Crippen LogP contribution >= 0.6 is 0 Å². The molecule has 76 valence electrons. The molecule has 0 unspecified atom stereocenters.